The second-order valence-corrected chi connectivity index (χ2v) is 3.61. The molecule has 3 nitrogen and oxygen atoms in total. The number of aldehydes is 1. The Morgan fingerprint density at radius 2 is 2.38 bits per heavy atom. The average molecular weight is 239 g/mol. The third-order valence-corrected chi connectivity index (χ3v) is 2.35. The van der Waals surface area contributed by atoms with Gasteiger partial charge in [0, 0.05) is 4.47 Å². The van der Waals surface area contributed by atoms with E-state index in [1.54, 1.807) is 6.33 Å². The number of carbonyl (C=O) groups is 1. The zero-order valence-electron chi connectivity index (χ0n) is 6.77. The predicted molar refractivity (Wildman–Crippen MR) is 53.5 cm³/mol. The largest absolute Gasteiger partial charge is 0.323 e. The van der Waals surface area contributed by atoms with Crippen LogP contribution in [0.25, 0.3) is 11.0 Å². The molecule has 0 amide bonds. The zero-order chi connectivity index (χ0) is 9.26. The molecule has 1 aromatic carbocycles. The smallest absolute Gasteiger partial charge is 0.139 e. The van der Waals surface area contributed by atoms with Gasteiger partial charge in [0.2, 0.25) is 0 Å². The van der Waals surface area contributed by atoms with Crippen LogP contribution in [0.1, 0.15) is 0 Å². The van der Waals surface area contributed by atoms with E-state index in [2.05, 4.69) is 20.9 Å². The third-order valence-electron chi connectivity index (χ3n) is 1.85. The van der Waals surface area contributed by atoms with E-state index < -0.39 is 0 Å². The Kier molecular flexibility index (Phi) is 2.14. The molecule has 0 aliphatic heterocycles. The molecule has 0 N–H and O–H groups in total. The second-order valence-electron chi connectivity index (χ2n) is 2.70. The van der Waals surface area contributed by atoms with Crippen LogP contribution in [0, 0.1) is 0 Å². The first-order valence-electron chi connectivity index (χ1n) is 3.85. The lowest BCUT2D eigenvalue weighted by Crippen LogP contribution is -1.95. The average Bonchev–Trinajstić information content (AvgIpc) is 2.49. The van der Waals surface area contributed by atoms with Gasteiger partial charge in [0.1, 0.15) is 6.29 Å². The zero-order valence-corrected chi connectivity index (χ0v) is 8.36. The molecule has 0 fully saturated rings. The molecule has 0 atom stereocenters. The van der Waals surface area contributed by atoms with Crippen molar-refractivity contribution in [3.63, 3.8) is 0 Å². The number of imidazole rings is 1. The minimum absolute atomic E-state index is 0.359. The van der Waals surface area contributed by atoms with Gasteiger partial charge < -0.3 is 9.36 Å². The summed E-state index contributed by atoms with van der Waals surface area (Å²) in [5.41, 5.74) is 1.88. The number of benzene rings is 1. The van der Waals surface area contributed by atoms with E-state index in [9.17, 15) is 4.79 Å². The Morgan fingerprint density at radius 3 is 3.15 bits per heavy atom. The molecule has 2 aromatic rings. The van der Waals surface area contributed by atoms with Gasteiger partial charge in [-0.25, -0.2) is 4.98 Å². The lowest BCUT2D eigenvalue weighted by Gasteiger charge is -1.96. The van der Waals surface area contributed by atoms with E-state index in [1.807, 2.05) is 22.8 Å². The molecule has 1 aromatic heterocycles. The molecule has 0 unspecified atom stereocenters. The van der Waals surface area contributed by atoms with Crippen molar-refractivity contribution in [1.29, 1.82) is 0 Å². The van der Waals surface area contributed by atoms with E-state index in [-0.39, 0.29) is 0 Å². The van der Waals surface area contributed by atoms with Crippen LogP contribution < -0.4 is 0 Å². The van der Waals surface area contributed by atoms with E-state index in [1.165, 1.54) is 0 Å². The number of halogens is 1. The Morgan fingerprint density at radius 1 is 1.54 bits per heavy atom. The number of rotatable bonds is 2. The molecule has 66 valence electrons. The molecule has 4 heteroatoms. The topological polar surface area (TPSA) is 34.9 Å². The first kappa shape index (κ1) is 8.44. The molecule has 0 saturated heterocycles. The molecule has 2 rings (SSSR count). The van der Waals surface area contributed by atoms with Crippen molar-refractivity contribution in [2.75, 3.05) is 0 Å². The highest BCUT2D eigenvalue weighted by molar-refractivity contribution is 9.10. The number of nitrogens with zero attached hydrogens (tertiary/aromatic N) is 2. The summed E-state index contributed by atoms with van der Waals surface area (Å²) in [6.45, 7) is 0.359. The van der Waals surface area contributed by atoms with Crippen LogP contribution in [0.4, 0.5) is 0 Å². The summed E-state index contributed by atoms with van der Waals surface area (Å²) < 4.78 is 2.81. The van der Waals surface area contributed by atoms with Gasteiger partial charge in [-0.15, -0.1) is 0 Å². The highest BCUT2D eigenvalue weighted by Gasteiger charge is 2.01. The minimum Gasteiger partial charge on any atom is -0.323 e. The molecule has 1 heterocycles. The van der Waals surface area contributed by atoms with Gasteiger partial charge in [-0.2, -0.15) is 0 Å². The maximum atomic E-state index is 10.3. The SMILES string of the molecule is O=CCn1cnc2cc(Br)ccc21. The molecule has 13 heavy (non-hydrogen) atoms. The maximum absolute atomic E-state index is 10.3. The van der Waals surface area contributed by atoms with Crippen molar-refractivity contribution in [2.24, 2.45) is 0 Å². The van der Waals surface area contributed by atoms with Crippen LogP contribution in [0.3, 0.4) is 0 Å². The Labute approximate surface area is 83.5 Å². The molecule has 0 aliphatic rings. The first-order chi connectivity index (χ1) is 6.31. The molecule has 0 aliphatic carbocycles. The van der Waals surface area contributed by atoms with E-state index in [4.69, 9.17) is 0 Å². The van der Waals surface area contributed by atoms with Gasteiger partial charge in [0.05, 0.1) is 23.9 Å². The summed E-state index contributed by atoms with van der Waals surface area (Å²) in [6, 6.07) is 5.80. The highest BCUT2D eigenvalue weighted by atomic mass is 79.9. The fraction of sp³-hybridized carbons (Fsp3) is 0.111. The fourth-order valence-corrected chi connectivity index (χ4v) is 1.61. The van der Waals surface area contributed by atoms with E-state index in [0.717, 1.165) is 21.8 Å². The third kappa shape index (κ3) is 1.49. The van der Waals surface area contributed by atoms with E-state index in [0.29, 0.717) is 6.54 Å². The van der Waals surface area contributed by atoms with Crippen molar-refractivity contribution in [3.8, 4) is 0 Å². The predicted octanol–water partition coefficient (Wildman–Crippen LogP) is 2.00. The normalized spacial score (nSPS) is 10.5. The van der Waals surface area contributed by atoms with Gasteiger partial charge in [0.25, 0.3) is 0 Å². The molecular formula is C9H7BrN2O. The lowest BCUT2D eigenvalue weighted by atomic mass is 10.3. The van der Waals surface area contributed by atoms with E-state index >= 15 is 0 Å². The maximum Gasteiger partial charge on any atom is 0.139 e. The lowest BCUT2D eigenvalue weighted by molar-refractivity contribution is -0.108. The van der Waals surface area contributed by atoms with Crippen LogP contribution in [-0.2, 0) is 11.3 Å². The minimum atomic E-state index is 0.359. The van der Waals surface area contributed by atoms with Gasteiger partial charge in [-0.1, -0.05) is 15.9 Å². The number of hydrogen-bond acceptors (Lipinski definition) is 2. The van der Waals surface area contributed by atoms with Gasteiger partial charge in [-0.3, -0.25) is 0 Å². The van der Waals surface area contributed by atoms with Gasteiger partial charge in [0.15, 0.2) is 0 Å². The number of aromatic nitrogens is 2. The van der Waals surface area contributed by atoms with Crippen molar-refractivity contribution in [3.05, 3.63) is 29.0 Å². The molecule has 0 spiro atoms. The van der Waals surface area contributed by atoms with Gasteiger partial charge in [-0.05, 0) is 18.2 Å². The van der Waals surface area contributed by atoms with Crippen molar-refractivity contribution in [1.82, 2.24) is 9.55 Å². The van der Waals surface area contributed by atoms with Crippen LogP contribution in [0.15, 0.2) is 29.0 Å². The molecule has 0 saturated carbocycles. The van der Waals surface area contributed by atoms with Crippen LogP contribution in [0.5, 0.6) is 0 Å². The van der Waals surface area contributed by atoms with Crippen molar-refractivity contribution >= 4 is 33.2 Å². The fourth-order valence-electron chi connectivity index (χ4n) is 1.26. The summed E-state index contributed by atoms with van der Waals surface area (Å²) in [5.74, 6) is 0. The number of carbonyl (C=O) groups excluding carboxylic acids is 1. The summed E-state index contributed by atoms with van der Waals surface area (Å²) in [5, 5.41) is 0. The highest BCUT2D eigenvalue weighted by Crippen LogP contribution is 2.18. The Hall–Kier alpha value is -1.16. The summed E-state index contributed by atoms with van der Waals surface area (Å²) in [6.07, 6.45) is 2.54. The van der Waals surface area contributed by atoms with Crippen LogP contribution in [-0.4, -0.2) is 15.8 Å². The standard InChI is InChI=1S/C9H7BrN2O/c10-7-1-2-9-8(5-7)11-6-12(9)3-4-13/h1-2,4-6H,3H2. The molecule has 0 radical (unpaired) electrons. The van der Waals surface area contributed by atoms with Crippen LogP contribution >= 0.6 is 15.9 Å². The Balaban J connectivity index is 2.61. The van der Waals surface area contributed by atoms with Crippen molar-refractivity contribution in [2.45, 2.75) is 6.54 Å². The number of fused-ring (bicyclic) bond motifs is 1. The van der Waals surface area contributed by atoms with Gasteiger partial charge >= 0.3 is 0 Å². The first-order valence-corrected chi connectivity index (χ1v) is 4.64. The summed E-state index contributed by atoms with van der Waals surface area (Å²) in [4.78, 5) is 14.5. The summed E-state index contributed by atoms with van der Waals surface area (Å²) >= 11 is 3.36. The Bertz CT molecular complexity index is 450. The monoisotopic (exact) mass is 238 g/mol. The van der Waals surface area contributed by atoms with Crippen molar-refractivity contribution < 1.29 is 4.79 Å². The quantitative estimate of drug-likeness (QED) is 0.751. The summed E-state index contributed by atoms with van der Waals surface area (Å²) in [7, 11) is 0. The molecular weight excluding hydrogens is 232 g/mol. The molecule has 0 bridgehead atoms. The van der Waals surface area contributed by atoms with Crippen LogP contribution in [0.2, 0.25) is 0 Å². The second kappa shape index (κ2) is 3.30. The number of hydrogen-bond donors (Lipinski definition) is 0.